The van der Waals surface area contributed by atoms with Gasteiger partial charge in [-0.1, -0.05) is 18.2 Å². The maximum absolute atomic E-state index is 12.6. The van der Waals surface area contributed by atoms with Gasteiger partial charge in [-0.05, 0) is 13.0 Å². The molecule has 0 bridgehead atoms. The fourth-order valence-corrected chi connectivity index (χ4v) is 3.07. The molecule has 3 heterocycles. The van der Waals surface area contributed by atoms with E-state index in [2.05, 4.69) is 10.4 Å². The molecule has 0 saturated carbocycles. The molecule has 1 saturated heterocycles. The fraction of sp³-hybridized carbons (Fsp3) is 0.312. The summed E-state index contributed by atoms with van der Waals surface area (Å²) in [7, 11) is 0. The van der Waals surface area contributed by atoms with Gasteiger partial charge in [0.2, 0.25) is 0 Å². The maximum Gasteiger partial charge on any atom is 0.340 e. The molecule has 4 rings (SSSR count). The second kappa shape index (κ2) is 4.51. The first-order chi connectivity index (χ1) is 10.6. The van der Waals surface area contributed by atoms with Crippen molar-refractivity contribution in [2.75, 3.05) is 13.1 Å². The van der Waals surface area contributed by atoms with Crippen molar-refractivity contribution in [2.24, 2.45) is 0 Å². The Bertz CT molecular complexity index is 790. The Kier molecular flexibility index (Phi) is 2.71. The first-order valence-electron chi connectivity index (χ1n) is 7.20. The largest absolute Gasteiger partial charge is 0.448 e. The van der Waals surface area contributed by atoms with Crippen LogP contribution in [0.4, 0.5) is 0 Å². The minimum Gasteiger partial charge on any atom is -0.448 e. The summed E-state index contributed by atoms with van der Waals surface area (Å²) in [5.41, 5.74) is 1.92. The number of hydrogen-bond acceptors (Lipinski definition) is 5. The zero-order valence-electron chi connectivity index (χ0n) is 12.1. The second-order valence-corrected chi connectivity index (χ2v) is 5.79. The highest BCUT2D eigenvalue weighted by Gasteiger charge is 2.51. The fourth-order valence-electron chi connectivity index (χ4n) is 3.07. The molecule has 6 heteroatoms. The number of hydrogen-bond donors (Lipinski definition) is 1. The number of benzene rings is 1. The van der Waals surface area contributed by atoms with Gasteiger partial charge in [-0.25, -0.2) is 4.79 Å². The molecule has 2 aliphatic heterocycles. The van der Waals surface area contributed by atoms with Crippen LogP contribution in [0.15, 0.2) is 30.5 Å². The van der Waals surface area contributed by atoms with Crippen LogP contribution in [0.25, 0.3) is 0 Å². The summed E-state index contributed by atoms with van der Waals surface area (Å²) >= 11 is 0. The van der Waals surface area contributed by atoms with Crippen molar-refractivity contribution in [1.82, 2.24) is 15.1 Å². The standard InChI is InChI=1S/C16H15N3O3/c1-10-5-6-19(18-10)7-13(20)11-3-2-4-12-14(11)15(21)22-16(12)8-17-9-16/h2-6,17H,7-9H2,1H3. The second-order valence-electron chi connectivity index (χ2n) is 5.79. The Balaban J connectivity index is 1.71. The van der Waals surface area contributed by atoms with Gasteiger partial charge in [0, 0.05) is 30.4 Å². The highest BCUT2D eigenvalue weighted by atomic mass is 16.6. The van der Waals surface area contributed by atoms with Crippen LogP contribution in [-0.4, -0.2) is 34.6 Å². The number of aryl methyl sites for hydroxylation is 1. The summed E-state index contributed by atoms with van der Waals surface area (Å²) in [6.45, 7) is 3.18. The van der Waals surface area contributed by atoms with Crippen molar-refractivity contribution in [2.45, 2.75) is 19.1 Å². The number of carbonyl (C=O) groups excluding carboxylic acids is 2. The monoisotopic (exact) mass is 297 g/mol. The van der Waals surface area contributed by atoms with Crippen molar-refractivity contribution >= 4 is 11.8 Å². The molecule has 22 heavy (non-hydrogen) atoms. The lowest BCUT2D eigenvalue weighted by atomic mass is 9.85. The molecule has 112 valence electrons. The van der Waals surface area contributed by atoms with Gasteiger partial charge >= 0.3 is 5.97 Å². The van der Waals surface area contributed by atoms with Crippen LogP contribution in [0.1, 0.15) is 32.0 Å². The summed E-state index contributed by atoms with van der Waals surface area (Å²) < 4.78 is 7.11. The van der Waals surface area contributed by atoms with Crippen molar-refractivity contribution in [3.63, 3.8) is 0 Å². The smallest absolute Gasteiger partial charge is 0.340 e. The number of fused-ring (bicyclic) bond motifs is 2. The molecule has 1 aromatic carbocycles. The first kappa shape index (κ1) is 13.2. The molecule has 0 aliphatic carbocycles. The highest BCUT2D eigenvalue weighted by molar-refractivity contribution is 6.08. The topological polar surface area (TPSA) is 73.2 Å². The molecule has 2 aliphatic rings. The van der Waals surface area contributed by atoms with Gasteiger partial charge in [0.25, 0.3) is 0 Å². The van der Waals surface area contributed by atoms with Crippen LogP contribution < -0.4 is 5.32 Å². The average Bonchev–Trinajstić information content (AvgIpc) is 3.00. The molecule has 1 spiro atoms. The molecule has 6 nitrogen and oxygen atoms in total. The molecular weight excluding hydrogens is 282 g/mol. The van der Waals surface area contributed by atoms with E-state index in [0.29, 0.717) is 24.2 Å². The van der Waals surface area contributed by atoms with Crippen molar-refractivity contribution < 1.29 is 14.3 Å². The number of carbonyl (C=O) groups is 2. The number of ether oxygens (including phenoxy) is 1. The molecule has 0 amide bonds. The Hall–Kier alpha value is -2.47. The average molecular weight is 297 g/mol. The van der Waals surface area contributed by atoms with Crippen LogP contribution in [-0.2, 0) is 16.9 Å². The van der Waals surface area contributed by atoms with E-state index in [1.807, 2.05) is 25.1 Å². The maximum atomic E-state index is 12.6. The molecule has 0 unspecified atom stereocenters. The molecule has 1 N–H and O–H groups in total. The lowest BCUT2D eigenvalue weighted by Gasteiger charge is -2.37. The third kappa shape index (κ3) is 1.80. The highest BCUT2D eigenvalue weighted by Crippen LogP contribution is 2.40. The van der Waals surface area contributed by atoms with Crippen LogP contribution in [0.3, 0.4) is 0 Å². The Labute approximate surface area is 127 Å². The normalized spacial score (nSPS) is 18.0. The molecule has 1 aromatic heterocycles. The van der Waals surface area contributed by atoms with E-state index in [1.54, 1.807) is 16.9 Å². The summed E-state index contributed by atoms with van der Waals surface area (Å²) in [4.78, 5) is 24.8. The van der Waals surface area contributed by atoms with Gasteiger partial charge in [-0.2, -0.15) is 5.10 Å². The van der Waals surface area contributed by atoms with Crippen LogP contribution in [0.2, 0.25) is 0 Å². The van der Waals surface area contributed by atoms with Gasteiger partial charge in [0.05, 0.1) is 11.3 Å². The van der Waals surface area contributed by atoms with Gasteiger partial charge in [-0.3, -0.25) is 9.48 Å². The van der Waals surface area contributed by atoms with E-state index in [0.717, 1.165) is 11.3 Å². The summed E-state index contributed by atoms with van der Waals surface area (Å²) in [6.07, 6.45) is 1.76. The number of nitrogens with one attached hydrogen (secondary N) is 1. The summed E-state index contributed by atoms with van der Waals surface area (Å²) in [5, 5.41) is 7.33. The lowest BCUT2D eigenvalue weighted by Crippen LogP contribution is -2.56. The third-order valence-electron chi connectivity index (χ3n) is 4.25. The number of ketones is 1. The predicted molar refractivity (Wildman–Crippen MR) is 77.7 cm³/mol. The molecule has 2 aromatic rings. The third-order valence-corrected chi connectivity index (χ3v) is 4.25. The van der Waals surface area contributed by atoms with Crippen molar-refractivity contribution in [1.29, 1.82) is 0 Å². The van der Waals surface area contributed by atoms with E-state index < -0.39 is 11.6 Å². The van der Waals surface area contributed by atoms with Crippen LogP contribution in [0.5, 0.6) is 0 Å². The number of esters is 1. The lowest BCUT2D eigenvalue weighted by molar-refractivity contribution is -0.0369. The van der Waals surface area contributed by atoms with Crippen LogP contribution in [0, 0.1) is 6.92 Å². The van der Waals surface area contributed by atoms with Gasteiger partial charge in [-0.15, -0.1) is 0 Å². The molecular formula is C16H15N3O3. The number of rotatable bonds is 3. The Morgan fingerprint density at radius 2 is 2.23 bits per heavy atom. The van der Waals surface area contributed by atoms with Crippen molar-refractivity contribution in [3.8, 4) is 0 Å². The van der Waals surface area contributed by atoms with Crippen LogP contribution >= 0.6 is 0 Å². The predicted octanol–water partition coefficient (Wildman–Crippen LogP) is 1.04. The van der Waals surface area contributed by atoms with E-state index in [9.17, 15) is 9.59 Å². The summed E-state index contributed by atoms with van der Waals surface area (Å²) in [5.74, 6) is -0.543. The molecule has 0 radical (unpaired) electrons. The zero-order chi connectivity index (χ0) is 15.3. The van der Waals surface area contributed by atoms with Gasteiger partial charge in [0.1, 0.15) is 6.54 Å². The van der Waals surface area contributed by atoms with Gasteiger partial charge < -0.3 is 10.1 Å². The number of nitrogens with zero attached hydrogens (tertiary/aromatic N) is 2. The van der Waals surface area contributed by atoms with Gasteiger partial charge in [0.15, 0.2) is 11.4 Å². The van der Waals surface area contributed by atoms with E-state index >= 15 is 0 Å². The van der Waals surface area contributed by atoms with Crippen molar-refractivity contribution in [3.05, 3.63) is 52.8 Å². The quantitative estimate of drug-likeness (QED) is 0.677. The Morgan fingerprint density at radius 1 is 1.41 bits per heavy atom. The van der Waals surface area contributed by atoms with E-state index in [4.69, 9.17) is 4.74 Å². The SMILES string of the molecule is Cc1ccn(CC(=O)c2cccc3c2C(=O)OC32CNC2)n1. The minimum absolute atomic E-state index is 0.114. The summed E-state index contributed by atoms with van der Waals surface area (Å²) in [6, 6.07) is 7.20. The molecule has 0 atom stereocenters. The number of Topliss-reactive ketones (excluding diaryl/α,β-unsaturated/α-hetero) is 1. The molecule has 1 fully saturated rings. The van der Waals surface area contributed by atoms with E-state index in [-0.39, 0.29) is 12.3 Å². The first-order valence-corrected chi connectivity index (χ1v) is 7.20. The van der Waals surface area contributed by atoms with E-state index in [1.165, 1.54) is 0 Å². The Morgan fingerprint density at radius 3 is 2.86 bits per heavy atom. The number of aromatic nitrogens is 2. The minimum atomic E-state index is -0.578. The zero-order valence-corrected chi connectivity index (χ0v) is 12.1.